The number of carbonyl (C=O) groups excluding carboxylic acids is 3. The Balaban J connectivity index is 4.27. The number of hydrogen-bond donors (Lipinski definition) is 0. The number of nitrogens with zero attached hydrogens (tertiary/aromatic N) is 1. The van der Waals surface area contributed by atoms with Crippen LogP contribution in [-0.4, -0.2) is 75.5 Å². The smallest absolute Gasteiger partial charge is 0.306 e. The van der Waals surface area contributed by atoms with E-state index in [9.17, 15) is 19.5 Å². The van der Waals surface area contributed by atoms with Crippen molar-refractivity contribution in [1.82, 2.24) is 0 Å². The van der Waals surface area contributed by atoms with E-state index < -0.39 is 18.1 Å². The van der Waals surface area contributed by atoms with E-state index >= 15 is 0 Å². The Morgan fingerprint density at radius 3 is 1.40 bits per heavy atom. The second kappa shape index (κ2) is 43.0. The third-order valence-electron chi connectivity index (χ3n) is 10.9. The molecule has 60 heavy (non-hydrogen) atoms. The van der Waals surface area contributed by atoms with Crippen LogP contribution < -0.4 is 5.11 Å². The number of aliphatic carboxylic acids is 1. The Bertz CT molecular complexity index is 1120. The number of rotatable bonds is 44. The molecule has 0 radical (unpaired) electrons. The van der Waals surface area contributed by atoms with Gasteiger partial charge in [-0.2, -0.15) is 0 Å². The van der Waals surface area contributed by atoms with E-state index in [0.29, 0.717) is 12.8 Å². The van der Waals surface area contributed by atoms with E-state index in [-0.39, 0.29) is 42.7 Å². The highest BCUT2D eigenvalue weighted by Gasteiger charge is 2.25. The van der Waals surface area contributed by atoms with Crippen LogP contribution in [0.15, 0.2) is 48.6 Å². The fourth-order valence-corrected chi connectivity index (χ4v) is 7.14. The average Bonchev–Trinajstić information content (AvgIpc) is 3.21. The number of ether oxygens (including phenoxy) is 3. The molecule has 0 aromatic carbocycles. The molecule has 0 saturated carbocycles. The van der Waals surface area contributed by atoms with Gasteiger partial charge in [0.15, 0.2) is 6.10 Å². The second-order valence-corrected chi connectivity index (χ2v) is 17.7. The first-order chi connectivity index (χ1) is 29.1. The van der Waals surface area contributed by atoms with Gasteiger partial charge < -0.3 is 28.6 Å². The number of carbonyl (C=O) groups is 3. The van der Waals surface area contributed by atoms with Crippen molar-refractivity contribution in [3.8, 4) is 0 Å². The van der Waals surface area contributed by atoms with Crippen molar-refractivity contribution in [2.45, 2.75) is 225 Å². The summed E-state index contributed by atoms with van der Waals surface area (Å²) in [6.45, 7) is 4.55. The quantitative estimate of drug-likeness (QED) is 0.0260. The highest BCUT2D eigenvalue weighted by molar-refractivity contribution is 5.70. The number of hydrogen-bond acceptors (Lipinski definition) is 7. The third-order valence-corrected chi connectivity index (χ3v) is 10.9. The van der Waals surface area contributed by atoms with Gasteiger partial charge in [-0.25, -0.2) is 0 Å². The normalized spacial score (nSPS) is 13.3. The van der Waals surface area contributed by atoms with E-state index in [1.165, 1.54) is 116 Å². The molecule has 0 bridgehead atoms. The van der Waals surface area contributed by atoms with Crippen LogP contribution in [0.25, 0.3) is 0 Å². The molecular formula is C52H93NO7. The van der Waals surface area contributed by atoms with Gasteiger partial charge in [-0.1, -0.05) is 172 Å². The van der Waals surface area contributed by atoms with Gasteiger partial charge in [-0.05, 0) is 70.6 Å². The summed E-state index contributed by atoms with van der Waals surface area (Å²) in [4.78, 5) is 37.0. The minimum atomic E-state index is -1.13. The molecule has 2 unspecified atom stereocenters. The summed E-state index contributed by atoms with van der Waals surface area (Å²) in [6, 6.07) is -0.728. The van der Waals surface area contributed by atoms with E-state index in [1.54, 1.807) is 21.1 Å². The molecule has 0 fully saturated rings. The molecule has 0 aliphatic heterocycles. The summed E-state index contributed by atoms with van der Waals surface area (Å²) in [5, 5.41) is 11.6. The molecule has 0 N–H and O–H groups in total. The molecular weight excluding hydrogens is 751 g/mol. The van der Waals surface area contributed by atoms with E-state index in [2.05, 4.69) is 62.5 Å². The van der Waals surface area contributed by atoms with Crippen molar-refractivity contribution < 1.29 is 38.2 Å². The second-order valence-electron chi connectivity index (χ2n) is 17.7. The standard InChI is InChI=1S/C52H93NO7/c1-6-8-10-12-14-16-18-20-22-24-25-27-28-30-32-34-36-38-40-42-50(54)59-47-48(46-58-45-44-49(52(56)57)53(3,4)5)60-51(55)43-41-39-37-35-33-31-29-26-23-21-19-17-15-13-11-9-7-2/h8,10,14,16,20-23,48-49H,6-7,9,11-13,15,17-19,24-47H2,1-5H3/b10-8+,16-14+,22-20+,23-21+. The monoisotopic (exact) mass is 844 g/mol. The lowest BCUT2D eigenvalue weighted by atomic mass is 10.1. The predicted octanol–water partition coefficient (Wildman–Crippen LogP) is 12.6. The molecule has 0 aromatic heterocycles. The molecule has 0 heterocycles. The lowest BCUT2D eigenvalue weighted by Gasteiger charge is -2.34. The molecule has 0 amide bonds. The van der Waals surface area contributed by atoms with Gasteiger partial charge >= 0.3 is 11.9 Å². The Kier molecular flexibility index (Phi) is 41.0. The molecule has 0 saturated heterocycles. The van der Waals surface area contributed by atoms with Crippen molar-refractivity contribution >= 4 is 17.9 Å². The maximum atomic E-state index is 12.8. The number of quaternary nitrogens is 1. The summed E-state index contributed by atoms with van der Waals surface area (Å²) in [5.41, 5.74) is 0. The molecule has 0 rings (SSSR count). The predicted molar refractivity (Wildman–Crippen MR) is 250 cm³/mol. The molecule has 0 aromatic rings. The lowest BCUT2D eigenvalue weighted by Crippen LogP contribution is -2.55. The number of allylic oxidation sites excluding steroid dienone is 8. The first-order valence-electron chi connectivity index (χ1n) is 24.7. The van der Waals surface area contributed by atoms with Crippen LogP contribution in [-0.2, 0) is 28.6 Å². The van der Waals surface area contributed by atoms with Crippen LogP contribution in [0.3, 0.4) is 0 Å². The van der Waals surface area contributed by atoms with Crippen LogP contribution >= 0.6 is 0 Å². The molecule has 8 nitrogen and oxygen atoms in total. The van der Waals surface area contributed by atoms with Gasteiger partial charge in [-0.3, -0.25) is 9.59 Å². The summed E-state index contributed by atoms with van der Waals surface area (Å²) < 4.78 is 17.2. The van der Waals surface area contributed by atoms with Crippen molar-refractivity contribution in [3.05, 3.63) is 48.6 Å². The minimum Gasteiger partial charge on any atom is -0.544 e. The van der Waals surface area contributed by atoms with Gasteiger partial charge in [0.1, 0.15) is 12.6 Å². The van der Waals surface area contributed by atoms with Crippen molar-refractivity contribution in [3.63, 3.8) is 0 Å². The van der Waals surface area contributed by atoms with Crippen LogP contribution in [0.2, 0.25) is 0 Å². The molecule has 0 aliphatic rings. The number of unbranched alkanes of at least 4 members (excludes halogenated alkanes) is 22. The molecule has 2 atom stereocenters. The van der Waals surface area contributed by atoms with Gasteiger partial charge in [0, 0.05) is 19.3 Å². The van der Waals surface area contributed by atoms with E-state index in [0.717, 1.165) is 64.2 Å². The first-order valence-corrected chi connectivity index (χ1v) is 24.7. The van der Waals surface area contributed by atoms with Gasteiger partial charge in [0.05, 0.1) is 40.3 Å². The first kappa shape index (κ1) is 57.3. The van der Waals surface area contributed by atoms with Crippen molar-refractivity contribution in [1.29, 1.82) is 0 Å². The van der Waals surface area contributed by atoms with Crippen molar-refractivity contribution in [2.75, 3.05) is 41.0 Å². The van der Waals surface area contributed by atoms with E-state index in [4.69, 9.17) is 14.2 Å². The van der Waals surface area contributed by atoms with Gasteiger partial charge in [-0.15, -0.1) is 0 Å². The summed E-state index contributed by atoms with van der Waals surface area (Å²) in [7, 11) is 5.41. The van der Waals surface area contributed by atoms with Crippen LogP contribution in [0.1, 0.15) is 213 Å². The minimum absolute atomic E-state index is 0.0376. The molecule has 0 aliphatic carbocycles. The fraction of sp³-hybridized carbons (Fsp3) is 0.788. The SMILES string of the molecule is CC/C=C/C/C=C/C/C=C/CCCCCCCCCCCC(=O)OCC(COCCC(C(=O)[O-])[N+](C)(C)C)OC(=O)CCCCCCCCC/C=C/CCCCCCCC. The Morgan fingerprint density at radius 1 is 0.517 bits per heavy atom. The van der Waals surface area contributed by atoms with Crippen LogP contribution in [0.4, 0.5) is 0 Å². The number of carboxylic acids is 1. The van der Waals surface area contributed by atoms with Crippen LogP contribution in [0, 0.1) is 0 Å². The zero-order valence-electron chi connectivity index (χ0n) is 39.6. The number of esters is 2. The summed E-state index contributed by atoms with van der Waals surface area (Å²) in [6.07, 6.45) is 51.3. The van der Waals surface area contributed by atoms with Crippen molar-refractivity contribution in [2.24, 2.45) is 0 Å². The Labute approximate surface area is 369 Å². The largest absolute Gasteiger partial charge is 0.544 e. The third kappa shape index (κ3) is 40.7. The molecule has 0 spiro atoms. The summed E-state index contributed by atoms with van der Waals surface area (Å²) >= 11 is 0. The Hall–Kier alpha value is -2.71. The Morgan fingerprint density at radius 2 is 0.933 bits per heavy atom. The number of carboxylic acid groups (broad SMARTS) is 1. The summed E-state index contributed by atoms with van der Waals surface area (Å²) in [5.74, 6) is -1.74. The van der Waals surface area contributed by atoms with Crippen LogP contribution in [0.5, 0.6) is 0 Å². The highest BCUT2D eigenvalue weighted by Crippen LogP contribution is 2.15. The zero-order chi connectivity index (χ0) is 44.2. The van der Waals surface area contributed by atoms with Gasteiger partial charge in [0.2, 0.25) is 0 Å². The molecule has 8 heteroatoms. The topological polar surface area (TPSA) is 102 Å². The van der Waals surface area contributed by atoms with E-state index in [1.807, 2.05) is 0 Å². The maximum absolute atomic E-state index is 12.8. The lowest BCUT2D eigenvalue weighted by molar-refractivity contribution is -0.889. The average molecular weight is 844 g/mol. The highest BCUT2D eigenvalue weighted by atomic mass is 16.6. The fourth-order valence-electron chi connectivity index (χ4n) is 7.14. The van der Waals surface area contributed by atoms with Gasteiger partial charge in [0.25, 0.3) is 0 Å². The molecule has 348 valence electrons. The zero-order valence-corrected chi connectivity index (χ0v) is 39.6. The number of likely N-dealkylation sites (N-methyl/N-ethyl adjacent to an activating group) is 1. The maximum Gasteiger partial charge on any atom is 0.306 e.